The molecule has 56 heavy (non-hydrogen) atoms. The highest BCUT2D eigenvalue weighted by Gasteiger charge is 2.28. The fraction of sp³-hybridized carbons (Fsp3) is 1.00. The lowest BCUT2D eigenvalue weighted by atomic mass is 10.0. The summed E-state index contributed by atoms with van der Waals surface area (Å²) < 4.78 is 20.8. The van der Waals surface area contributed by atoms with Gasteiger partial charge >= 0.3 is 7.75 Å². The Hall–Kier alpha value is 0.110. The molecule has 1 unspecified atom stereocenters. The van der Waals surface area contributed by atoms with E-state index in [1.54, 1.807) is 0 Å². The number of rotatable bonds is 50. The largest absolute Gasteiger partial charge is 0.405 e. The van der Waals surface area contributed by atoms with Crippen molar-refractivity contribution in [3.05, 3.63) is 0 Å². The van der Waals surface area contributed by atoms with Crippen molar-refractivity contribution < 1.29 is 14.0 Å². The van der Waals surface area contributed by atoms with Crippen LogP contribution in [0.25, 0.3) is 0 Å². The maximum atomic E-state index is 13.3. The molecule has 1 N–H and O–H groups in total. The van der Waals surface area contributed by atoms with Gasteiger partial charge in [-0.1, -0.05) is 290 Å². The molecular formula is C51H106NO3P. The van der Waals surface area contributed by atoms with Crippen molar-refractivity contribution in [3.63, 3.8) is 0 Å². The lowest BCUT2D eigenvalue weighted by Crippen LogP contribution is -2.24. The zero-order chi connectivity index (χ0) is 40.7. The fourth-order valence-corrected chi connectivity index (χ4v) is 9.75. The molecule has 0 rings (SSSR count). The average Bonchev–Trinajstić information content (AvgIpc) is 3.19. The maximum Gasteiger partial charge on any atom is 0.405 e. The molecule has 0 aromatic heterocycles. The van der Waals surface area contributed by atoms with Crippen LogP contribution in [0.4, 0.5) is 0 Å². The molecule has 0 aromatic rings. The molecular weight excluding hydrogens is 706 g/mol. The Morgan fingerprint density at radius 3 is 0.696 bits per heavy atom. The van der Waals surface area contributed by atoms with Crippen LogP contribution in [0, 0.1) is 0 Å². The van der Waals surface area contributed by atoms with Crippen LogP contribution in [0.3, 0.4) is 0 Å². The van der Waals surface area contributed by atoms with Crippen molar-refractivity contribution >= 4 is 7.75 Å². The van der Waals surface area contributed by atoms with Gasteiger partial charge < -0.3 is 4.89 Å². The van der Waals surface area contributed by atoms with Crippen LogP contribution in [-0.4, -0.2) is 29.3 Å². The minimum absolute atomic E-state index is 0.409. The van der Waals surface area contributed by atoms with Crippen LogP contribution in [0.1, 0.15) is 310 Å². The molecule has 0 bridgehead atoms. The molecule has 0 saturated carbocycles. The molecule has 1 atom stereocenters. The summed E-state index contributed by atoms with van der Waals surface area (Å²) in [6, 6.07) is 0. The fourth-order valence-electron chi connectivity index (χ4n) is 8.43. The summed E-state index contributed by atoms with van der Waals surface area (Å²) in [6.45, 7) is 8.62. The van der Waals surface area contributed by atoms with Gasteiger partial charge in [-0.2, -0.15) is 0 Å². The van der Waals surface area contributed by atoms with Gasteiger partial charge in [0, 0.05) is 13.1 Å². The number of hydrogen-bond acceptors (Lipinski definition) is 2. The van der Waals surface area contributed by atoms with Gasteiger partial charge in [-0.25, -0.2) is 9.24 Å². The van der Waals surface area contributed by atoms with Crippen LogP contribution in [0.15, 0.2) is 0 Å². The predicted octanol–water partition coefficient (Wildman–Crippen LogP) is 19.0. The number of hydrogen-bond donors (Lipinski definition) is 1. The quantitative estimate of drug-likeness (QED) is 0.0491. The smallest absolute Gasteiger partial charge is 0.312 e. The highest BCUT2D eigenvalue weighted by molar-refractivity contribution is 7.50. The topological polar surface area (TPSA) is 49.8 Å². The molecule has 5 heteroatoms. The summed E-state index contributed by atoms with van der Waals surface area (Å²) in [5.41, 5.74) is 0. The van der Waals surface area contributed by atoms with Crippen LogP contribution in [0.2, 0.25) is 0 Å². The van der Waals surface area contributed by atoms with Gasteiger partial charge in [0.15, 0.2) is 0 Å². The predicted molar refractivity (Wildman–Crippen MR) is 252 cm³/mol. The molecule has 0 radical (unpaired) electrons. The second kappa shape index (κ2) is 47.8. The Bertz CT molecular complexity index is 719. The summed E-state index contributed by atoms with van der Waals surface area (Å²) >= 11 is 0. The molecule has 0 spiro atoms. The molecule has 0 saturated heterocycles. The van der Waals surface area contributed by atoms with E-state index in [-0.39, 0.29) is 0 Å². The molecule has 0 aromatic carbocycles. The van der Waals surface area contributed by atoms with Crippen molar-refractivity contribution in [2.75, 3.05) is 19.7 Å². The normalized spacial score (nSPS) is 12.9. The molecule has 338 valence electrons. The van der Waals surface area contributed by atoms with E-state index >= 15 is 0 Å². The standard InChI is InChI=1S/C51H106NO3P/c1-4-7-10-13-15-17-19-21-23-25-27-29-31-33-35-37-39-41-43-46-49-52(56(53,54)55-51-48-45-12-9-6-3)50-47-44-42-40-38-36-34-32-30-28-26-24-22-20-18-16-14-11-8-5-2/h4-51H2,1-3H3,(H,53,54). The van der Waals surface area contributed by atoms with Gasteiger partial charge in [0.1, 0.15) is 0 Å². The minimum Gasteiger partial charge on any atom is -0.312 e. The zero-order valence-corrected chi connectivity index (χ0v) is 40.0. The van der Waals surface area contributed by atoms with E-state index in [0.29, 0.717) is 19.7 Å². The lowest BCUT2D eigenvalue weighted by Gasteiger charge is -2.26. The summed E-state index contributed by atoms with van der Waals surface area (Å²) in [5.74, 6) is 0. The van der Waals surface area contributed by atoms with Crippen molar-refractivity contribution in [2.24, 2.45) is 0 Å². The Kier molecular flexibility index (Phi) is 47.9. The van der Waals surface area contributed by atoms with E-state index in [4.69, 9.17) is 4.52 Å². The van der Waals surface area contributed by atoms with E-state index in [1.807, 2.05) is 4.67 Å². The number of unbranched alkanes of at least 4 members (excludes halogenated alkanes) is 42. The molecule has 0 aliphatic heterocycles. The molecule has 0 aliphatic carbocycles. The second-order valence-electron chi connectivity index (χ2n) is 18.1. The van der Waals surface area contributed by atoms with Crippen molar-refractivity contribution in [1.82, 2.24) is 4.67 Å². The van der Waals surface area contributed by atoms with Gasteiger partial charge in [0.2, 0.25) is 0 Å². The third-order valence-electron chi connectivity index (χ3n) is 12.4. The van der Waals surface area contributed by atoms with Crippen molar-refractivity contribution in [2.45, 2.75) is 310 Å². The van der Waals surface area contributed by atoms with Gasteiger partial charge in [-0.3, -0.25) is 4.52 Å². The Morgan fingerprint density at radius 2 is 0.482 bits per heavy atom. The summed E-state index contributed by atoms with van der Waals surface area (Å²) in [4.78, 5) is 11.0. The summed E-state index contributed by atoms with van der Waals surface area (Å²) in [5, 5.41) is 0. The van der Waals surface area contributed by atoms with Crippen LogP contribution >= 0.6 is 7.75 Å². The molecule has 0 amide bonds. The van der Waals surface area contributed by atoms with Crippen molar-refractivity contribution in [3.8, 4) is 0 Å². The first kappa shape index (κ1) is 56.1. The molecule has 0 aliphatic rings. The highest BCUT2D eigenvalue weighted by Crippen LogP contribution is 2.47. The van der Waals surface area contributed by atoms with Gasteiger partial charge in [-0.15, -0.1) is 0 Å². The monoisotopic (exact) mass is 812 g/mol. The van der Waals surface area contributed by atoms with E-state index in [9.17, 15) is 9.46 Å². The molecule has 0 fully saturated rings. The van der Waals surface area contributed by atoms with Gasteiger partial charge in [0.25, 0.3) is 0 Å². The summed E-state index contributed by atoms with van der Waals surface area (Å²) in [6.07, 6.45) is 60.6. The average molecular weight is 812 g/mol. The first-order valence-corrected chi connectivity index (χ1v) is 27.8. The first-order valence-electron chi connectivity index (χ1n) is 26.3. The minimum atomic E-state index is -3.71. The molecule has 0 heterocycles. The van der Waals surface area contributed by atoms with Crippen LogP contribution in [0.5, 0.6) is 0 Å². The first-order chi connectivity index (χ1) is 27.6. The van der Waals surface area contributed by atoms with E-state index in [0.717, 1.165) is 38.5 Å². The zero-order valence-electron chi connectivity index (χ0n) is 39.1. The number of nitrogens with zero attached hydrogens (tertiary/aromatic N) is 1. The Morgan fingerprint density at radius 1 is 0.304 bits per heavy atom. The third-order valence-corrected chi connectivity index (χ3v) is 14.0. The van der Waals surface area contributed by atoms with Crippen LogP contribution < -0.4 is 0 Å². The SMILES string of the molecule is CCCCCCCCCCCCCCCCCCCCCCN(CCCCCCCCCCCCCCCCCCCCCC)P(=O)(O)OCCCCCCC. The van der Waals surface area contributed by atoms with E-state index < -0.39 is 7.75 Å². The van der Waals surface area contributed by atoms with Crippen LogP contribution in [-0.2, 0) is 9.09 Å². The van der Waals surface area contributed by atoms with Gasteiger partial charge in [-0.05, 0) is 19.3 Å². The van der Waals surface area contributed by atoms with E-state index in [1.165, 1.54) is 250 Å². The molecule has 4 nitrogen and oxygen atoms in total. The maximum absolute atomic E-state index is 13.3. The second-order valence-corrected chi connectivity index (χ2v) is 19.9. The lowest BCUT2D eigenvalue weighted by molar-refractivity contribution is 0.194. The van der Waals surface area contributed by atoms with E-state index in [2.05, 4.69) is 20.8 Å². The Labute approximate surface area is 354 Å². The summed E-state index contributed by atoms with van der Waals surface area (Å²) in [7, 11) is -3.71. The van der Waals surface area contributed by atoms with Crippen molar-refractivity contribution in [1.29, 1.82) is 0 Å². The third kappa shape index (κ3) is 43.7. The highest BCUT2D eigenvalue weighted by atomic mass is 31.2. The van der Waals surface area contributed by atoms with Gasteiger partial charge in [0.05, 0.1) is 6.61 Å². The Balaban J connectivity index is 3.94.